The number of carboxylic acids is 1. The van der Waals surface area contributed by atoms with Crippen LogP contribution in [-0.4, -0.2) is 47.2 Å². The first-order valence-electron chi connectivity index (χ1n) is 5.64. The first-order chi connectivity index (χ1) is 7.56. The van der Waals surface area contributed by atoms with E-state index in [1.54, 1.807) is 0 Å². The lowest BCUT2D eigenvalue weighted by Crippen LogP contribution is -2.58. The Labute approximate surface area is 95.4 Å². The molecule has 1 aliphatic heterocycles. The summed E-state index contributed by atoms with van der Waals surface area (Å²) in [5, 5.41) is 9.38. The van der Waals surface area contributed by atoms with E-state index in [1.165, 1.54) is 4.90 Å². The lowest BCUT2D eigenvalue weighted by atomic mass is 9.85. The molecule has 0 spiro atoms. The van der Waals surface area contributed by atoms with Crippen molar-refractivity contribution >= 4 is 12.4 Å². The van der Waals surface area contributed by atoms with Crippen molar-refractivity contribution in [3.63, 3.8) is 0 Å². The summed E-state index contributed by atoms with van der Waals surface area (Å²) in [7, 11) is 0. The highest BCUT2D eigenvalue weighted by molar-refractivity contribution is 5.81. The molecule has 16 heavy (non-hydrogen) atoms. The Hall–Kier alpha value is -1.10. The van der Waals surface area contributed by atoms with Gasteiger partial charge in [-0.05, 0) is 13.3 Å². The predicted molar refractivity (Wildman–Crippen MR) is 58.1 cm³/mol. The topological polar surface area (TPSA) is 66.8 Å². The Morgan fingerprint density at radius 3 is 2.81 bits per heavy atom. The third-order valence-corrected chi connectivity index (χ3v) is 3.08. The van der Waals surface area contributed by atoms with Crippen LogP contribution in [0.25, 0.3) is 0 Å². The van der Waals surface area contributed by atoms with Gasteiger partial charge in [0, 0.05) is 26.0 Å². The predicted octanol–water partition coefficient (Wildman–Crippen LogP) is 0.877. The number of amides is 1. The summed E-state index contributed by atoms with van der Waals surface area (Å²) in [6, 6.07) is 0. The Morgan fingerprint density at radius 2 is 2.38 bits per heavy atom. The van der Waals surface area contributed by atoms with Crippen LogP contribution in [0.15, 0.2) is 0 Å². The molecule has 92 valence electrons. The van der Waals surface area contributed by atoms with Crippen LogP contribution in [0.4, 0.5) is 0 Å². The van der Waals surface area contributed by atoms with Crippen LogP contribution in [0.1, 0.15) is 33.1 Å². The van der Waals surface area contributed by atoms with Crippen LogP contribution in [0, 0.1) is 0 Å². The minimum atomic E-state index is -1.07. The van der Waals surface area contributed by atoms with E-state index in [2.05, 4.69) is 0 Å². The SMILES string of the molecule is CCCN(C=O)C1(C(=O)O)CCOC(C)C1. The van der Waals surface area contributed by atoms with E-state index in [9.17, 15) is 14.7 Å². The van der Waals surface area contributed by atoms with Gasteiger partial charge in [-0.2, -0.15) is 0 Å². The second-order valence-electron chi connectivity index (χ2n) is 4.27. The maximum Gasteiger partial charge on any atom is 0.329 e. The number of aliphatic carboxylic acids is 1. The third kappa shape index (κ3) is 2.35. The molecule has 1 saturated heterocycles. The molecule has 0 aromatic rings. The molecule has 1 N–H and O–H groups in total. The molecule has 2 atom stereocenters. The Balaban J connectivity index is 2.93. The van der Waals surface area contributed by atoms with E-state index < -0.39 is 11.5 Å². The maximum atomic E-state index is 11.4. The van der Waals surface area contributed by atoms with Crippen LogP contribution in [0.2, 0.25) is 0 Å². The summed E-state index contributed by atoms with van der Waals surface area (Å²) in [6.45, 7) is 4.63. The smallest absolute Gasteiger partial charge is 0.329 e. The van der Waals surface area contributed by atoms with Crippen LogP contribution in [-0.2, 0) is 14.3 Å². The molecule has 1 aliphatic rings. The van der Waals surface area contributed by atoms with Gasteiger partial charge in [0.2, 0.25) is 6.41 Å². The number of nitrogens with zero attached hydrogens (tertiary/aromatic N) is 1. The molecule has 0 bridgehead atoms. The molecule has 0 aromatic carbocycles. The number of carboxylic acid groups (broad SMARTS) is 1. The van der Waals surface area contributed by atoms with Crippen LogP contribution < -0.4 is 0 Å². The number of carbonyl (C=O) groups is 2. The molecule has 5 nitrogen and oxygen atoms in total. The van der Waals surface area contributed by atoms with Crippen molar-refractivity contribution in [1.29, 1.82) is 0 Å². The molecule has 2 unspecified atom stereocenters. The van der Waals surface area contributed by atoms with E-state index in [0.717, 1.165) is 6.42 Å². The van der Waals surface area contributed by atoms with Gasteiger partial charge in [0.1, 0.15) is 5.54 Å². The van der Waals surface area contributed by atoms with Crippen LogP contribution in [0.5, 0.6) is 0 Å². The number of carbonyl (C=O) groups excluding carboxylic acids is 1. The molecule has 1 heterocycles. The fraction of sp³-hybridized carbons (Fsp3) is 0.818. The summed E-state index contributed by atoms with van der Waals surface area (Å²) < 4.78 is 5.35. The second kappa shape index (κ2) is 5.30. The zero-order chi connectivity index (χ0) is 12.2. The van der Waals surface area contributed by atoms with E-state index in [-0.39, 0.29) is 6.10 Å². The van der Waals surface area contributed by atoms with Crippen molar-refractivity contribution in [3.8, 4) is 0 Å². The van der Waals surface area contributed by atoms with Gasteiger partial charge in [-0.1, -0.05) is 6.92 Å². The summed E-state index contributed by atoms with van der Waals surface area (Å²) in [4.78, 5) is 23.9. The van der Waals surface area contributed by atoms with E-state index in [4.69, 9.17) is 4.74 Å². The highest BCUT2D eigenvalue weighted by atomic mass is 16.5. The normalized spacial score (nSPS) is 29.8. The zero-order valence-corrected chi connectivity index (χ0v) is 9.81. The number of ether oxygens (including phenoxy) is 1. The quantitative estimate of drug-likeness (QED) is 0.710. The summed E-state index contributed by atoms with van der Waals surface area (Å²) >= 11 is 0. The maximum absolute atomic E-state index is 11.4. The zero-order valence-electron chi connectivity index (χ0n) is 9.81. The molecule has 1 amide bonds. The molecule has 0 aromatic heterocycles. The molecule has 1 rings (SSSR count). The van der Waals surface area contributed by atoms with Gasteiger partial charge >= 0.3 is 5.97 Å². The summed E-state index contributed by atoms with van der Waals surface area (Å²) in [5.74, 6) is -0.928. The third-order valence-electron chi connectivity index (χ3n) is 3.08. The molecule has 5 heteroatoms. The standard InChI is InChI=1S/C11H19NO4/c1-3-5-12(8-13)11(10(14)15)4-6-16-9(2)7-11/h8-9H,3-7H2,1-2H3,(H,14,15). The van der Waals surface area contributed by atoms with Crippen molar-refractivity contribution in [2.24, 2.45) is 0 Å². The number of hydrogen-bond donors (Lipinski definition) is 1. The minimum absolute atomic E-state index is 0.121. The van der Waals surface area contributed by atoms with Gasteiger partial charge in [0.15, 0.2) is 0 Å². The van der Waals surface area contributed by atoms with Crippen molar-refractivity contribution in [2.45, 2.75) is 44.8 Å². The molecule has 1 fully saturated rings. The van der Waals surface area contributed by atoms with Crippen molar-refractivity contribution in [2.75, 3.05) is 13.2 Å². The number of hydrogen-bond acceptors (Lipinski definition) is 3. The van der Waals surface area contributed by atoms with Crippen LogP contribution >= 0.6 is 0 Å². The highest BCUT2D eigenvalue weighted by Crippen LogP contribution is 2.30. The molecular weight excluding hydrogens is 210 g/mol. The number of rotatable bonds is 5. The van der Waals surface area contributed by atoms with E-state index in [1.807, 2.05) is 13.8 Å². The summed E-state index contributed by atoms with van der Waals surface area (Å²) in [5.41, 5.74) is -1.07. The lowest BCUT2D eigenvalue weighted by molar-refractivity contribution is -0.165. The molecule has 0 saturated carbocycles. The van der Waals surface area contributed by atoms with Gasteiger partial charge in [-0.3, -0.25) is 4.79 Å². The largest absolute Gasteiger partial charge is 0.479 e. The second-order valence-corrected chi connectivity index (χ2v) is 4.27. The van der Waals surface area contributed by atoms with Crippen molar-refractivity contribution in [3.05, 3.63) is 0 Å². The Kier molecular flexibility index (Phi) is 4.29. The van der Waals surface area contributed by atoms with Gasteiger partial charge in [0.05, 0.1) is 6.10 Å². The lowest BCUT2D eigenvalue weighted by Gasteiger charge is -2.42. The minimum Gasteiger partial charge on any atom is -0.479 e. The van der Waals surface area contributed by atoms with E-state index in [0.29, 0.717) is 32.4 Å². The summed E-state index contributed by atoms with van der Waals surface area (Å²) in [6.07, 6.45) is 2.01. The Bertz CT molecular complexity index is 269. The van der Waals surface area contributed by atoms with E-state index >= 15 is 0 Å². The van der Waals surface area contributed by atoms with Gasteiger partial charge in [-0.15, -0.1) is 0 Å². The average Bonchev–Trinajstić information content (AvgIpc) is 2.25. The van der Waals surface area contributed by atoms with Gasteiger partial charge in [-0.25, -0.2) is 4.79 Å². The molecule has 0 aliphatic carbocycles. The fourth-order valence-corrected chi connectivity index (χ4v) is 2.25. The first-order valence-corrected chi connectivity index (χ1v) is 5.64. The highest BCUT2D eigenvalue weighted by Gasteiger charge is 2.46. The van der Waals surface area contributed by atoms with Crippen molar-refractivity contribution < 1.29 is 19.4 Å². The molecular formula is C11H19NO4. The molecule has 0 radical (unpaired) electrons. The van der Waals surface area contributed by atoms with Crippen molar-refractivity contribution in [1.82, 2.24) is 4.90 Å². The van der Waals surface area contributed by atoms with Gasteiger partial charge in [0.25, 0.3) is 0 Å². The van der Waals surface area contributed by atoms with Gasteiger partial charge < -0.3 is 14.7 Å². The Morgan fingerprint density at radius 1 is 1.69 bits per heavy atom. The monoisotopic (exact) mass is 229 g/mol. The fourth-order valence-electron chi connectivity index (χ4n) is 2.25. The average molecular weight is 229 g/mol. The van der Waals surface area contributed by atoms with Crippen LogP contribution in [0.3, 0.4) is 0 Å². The first kappa shape index (κ1) is 13.0.